The van der Waals surface area contributed by atoms with Gasteiger partial charge >= 0.3 is 5.97 Å². The molecule has 0 aromatic heterocycles. The van der Waals surface area contributed by atoms with Gasteiger partial charge in [-0.15, -0.1) is 0 Å². The second-order valence-corrected chi connectivity index (χ2v) is 18.0. The molecule has 0 aromatic rings. The summed E-state index contributed by atoms with van der Waals surface area (Å²) in [6.07, 6.45) is 23.8. The van der Waals surface area contributed by atoms with Gasteiger partial charge in [-0.3, -0.25) is 4.79 Å². The lowest BCUT2D eigenvalue weighted by Crippen LogP contribution is -2.61. The topological polar surface area (TPSA) is 214 Å². The summed E-state index contributed by atoms with van der Waals surface area (Å²) in [5.74, 6) is -0.379. The van der Waals surface area contributed by atoms with Gasteiger partial charge in [0.05, 0.1) is 26.4 Å². The van der Waals surface area contributed by atoms with Crippen molar-refractivity contribution in [2.24, 2.45) is 0 Å². The number of aliphatic hydroxyl groups is 7. The van der Waals surface area contributed by atoms with E-state index < -0.39 is 80.7 Å². The van der Waals surface area contributed by atoms with Gasteiger partial charge in [-0.2, -0.15) is 0 Å². The fourth-order valence-electron chi connectivity index (χ4n) is 8.02. The molecule has 11 unspecified atom stereocenters. The fraction of sp³-hybridized carbons (Fsp3) is 0.900. The van der Waals surface area contributed by atoms with Crippen molar-refractivity contribution < 1.29 is 69.0 Å². The molecule has 14 nitrogen and oxygen atoms in total. The second kappa shape index (κ2) is 38.4. The van der Waals surface area contributed by atoms with E-state index in [0.717, 1.165) is 51.4 Å². The molecule has 2 aliphatic rings. The number of esters is 1. The average Bonchev–Trinajstić information content (AvgIpc) is 3.29. The first-order chi connectivity index (χ1) is 31.1. The average molecular weight is 917 g/mol. The molecule has 2 saturated heterocycles. The minimum Gasteiger partial charge on any atom is -0.457 e. The third kappa shape index (κ3) is 26.1. The fourth-order valence-corrected chi connectivity index (χ4v) is 8.02. The van der Waals surface area contributed by atoms with Crippen LogP contribution in [-0.4, -0.2) is 142 Å². The van der Waals surface area contributed by atoms with Crippen LogP contribution in [0.1, 0.15) is 187 Å². The zero-order valence-electron chi connectivity index (χ0n) is 39.8. The number of hydrogen-bond acceptors (Lipinski definition) is 14. The molecular formula is C50H92O14. The van der Waals surface area contributed by atoms with E-state index in [1.165, 1.54) is 109 Å². The van der Waals surface area contributed by atoms with Crippen molar-refractivity contribution in [1.82, 2.24) is 0 Å². The molecule has 2 rings (SSSR count). The summed E-state index contributed by atoms with van der Waals surface area (Å²) in [4.78, 5) is 13.0. The molecule has 7 N–H and O–H groups in total. The summed E-state index contributed by atoms with van der Waals surface area (Å²) in [6.45, 7) is 3.66. The molecule has 2 fully saturated rings. The summed E-state index contributed by atoms with van der Waals surface area (Å²) in [5, 5.41) is 72.0. The molecule has 0 aromatic carbocycles. The largest absolute Gasteiger partial charge is 0.457 e. The maximum atomic E-state index is 13.0. The smallest absolute Gasteiger partial charge is 0.306 e. The maximum Gasteiger partial charge on any atom is 0.306 e. The highest BCUT2D eigenvalue weighted by atomic mass is 16.7. The number of carbonyl (C=O) groups is 1. The Morgan fingerprint density at radius 3 is 1.53 bits per heavy atom. The molecule has 0 amide bonds. The molecule has 0 radical (unpaired) electrons. The molecule has 0 saturated carbocycles. The molecule has 0 aliphatic carbocycles. The van der Waals surface area contributed by atoms with Crippen LogP contribution in [-0.2, 0) is 33.2 Å². The Morgan fingerprint density at radius 1 is 0.516 bits per heavy atom. The van der Waals surface area contributed by atoms with E-state index in [0.29, 0.717) is 13.0 Å². The van der Waals surface area contributed by atoms with E-state index in [2.05, 4.69) is 38.2 Å². The molecule has 11 atom stereocenters. The van der Waals surface area contributed by atoms with Crippen molar-refractivity contribution >= 4 is 5.97 Å². The molecule has 376 valence electrons. The summed E-state index contributed by atoms with van der Waals surface area (Å²) >= 11 is 0. The number of aliphatic hydroxyl groups excluding tert-OH is 7. The van der Waals surface area contributed by atoms with Crippen LogP contribution in [0.25, 0.3) is 0 Å². The van der Waals surface area contributed by atoms with E-state index in [1.54, 1.807) is 0 Å². The maximum absolute atomic E-state index is 13.0. The summed E-state index contributed by atoms with van der Waals surface area (Å²) in [5.41, 5.74) is 0. The van der Waals surface area contributed by atoms with E-state index in [9.17, 15) is 40.5 Å². The van der Waals surface area contributed by atoms with Crippen molar-refractivity contribution in [3.63, 3.8) is 0 Å². The van der Waals surface area contributed by atoms with Gasteiger partial charge in [0.25, 0.3) is 0 Å². The van der Waals surface area contributed by atoms with Gasteiger partial charge in [-0.1, -0.05) is 160 Å². The first kappa shape index (κ1) is 58.6. The zero-order valence-corrected chi connectivity index (χ0v) is 39.8. The Morgan fingerprint density at radius 2 is 0.969 bits per heavy atom. The molecule has 14 heteroatoms. The lowest BCUT2D eigenvalue weighted by Gasteiger charge is -2.42. The predicted octanol–water partition coefficient (Wildman–Crippen LogP) is 7.24. The molecule has 0 bridgehead atoms. The van der Waals surface area contributed by atoms with Crippen molar-refractivity contribution in [2.75, 3.05) is 33.0 Å². The summed E-state index contributed by atoms with van der Waals surface area (Å²) in [7, 11) is 0. The first-order valence-corrected chi connectivity index (χ1v) is 25.4. The highest BCUT2D eigenvalue weighted by molar-refractivity contribution is 5.69. The Balaban J connectivity index is 1.75. The van der Waals surface area contributed by atoms with Gasteiger partial charge in [0.15, 0.2) is 12.6 Å². The standard InChI is InChI=1S/C50H92O14/c1-3-5-7-9-11-13-15-16-17-18-19-20-21-22-23-25-27-29-31-33-42(52)62-39(36-59-34-32-30-28-26-24-14-12-10-8-6-4-2)37-60-49-48(58)46(56)44(54)41(64-49)38-61-50-47(57)45(55)43(53)40(35-51)63-50/h11,13,16-17,39-41,43-51,53-58H,3-10,12,14-15,18-38H2,1-2H3/b13-11-,17-16-. The Kier molecular flexibility index (Phi) is 35.2. The highest BCUT2D eigenvalue weighted by Gasteiger charge is 2.47. The van der Waals surface area contributed by atoms with Crippen LogP contribution in [0, 0.1) is 0 Å². The van der Waals surface area contributed by atoms with Crippen LogP contribution in [0.4, 0.5) is 0 Å². The van der Waals surface area contributed by atoms with E-state index in [4.69, 9.17) is 28.4 Å². The van der Waals surface area contributed by atoms with Crippen LogP contribution >= 0.6 is 0 Å². The van der Waals surface area contributed by atoms with E-state index in [1.807, 2.05) is 0 Å². The van der Waals surface area contributed by atoms with Crippen molar-refractivity contribution in [3.05, 3.63) is 24.3 Å². The number of unbranched alkanes of at least 4 members (excludes halogenated alkanes) is 22. The number of rotatable bonds is 40. The third-order valence-corrected chi connectivity index (χ3v) is 12.2. The predicted molar refractivity (Wildman–Crippen MR) is 247 cm³/mol. The Hall–Kier alpha value is -1.53. The number of ether oxygens (including phenoxy) is 6. The van der Waals surface area contributed by atoms with Gasteiger partial charge in [-0.25, -0.2) is 0 Å². The van der Waals surface area contributed by atoms with Crippen molar-refractivity contribution in [2.45, 2.75) is 255 Å². The normalized spacial score (nSPS) is 26.9. The van der Waals surface area contributed by atoms with Gasteiger partial charge in [0, 0.05) is 13.0 Å². The van der Waals surface area contributed by atoms with Gasteiger partial charge < -0.3 is 64.2 Å². The Labute approximate surface area is 386 Å². The Bertz CT molecular complexity index is 1160. The van der Waals surface area contributed by atoms with Crippen molar-refractivity contribution in [3.8, 4) is 0 Å². The molecule has 2 aliphatic heterocycles. The van der Waals surface area contributed by atoms with Crippen LogP contribution in [0.5, 0.6) is 0 Å². The quantitative estimate of drug-likeness (QED) is 0.0184. The third-order valence-electron chi connectivity index (χ3n) is 12.2. The molecule has 64 heavy (non-hydrogen) atoms. The summed E-state index contributed by atoms with van der Waals surface area (Å²) < 4.78 is 34.2. The van der Waals surface area contributed by atoms with Crippen LogP contribution in [0.2, 0.25) is 0 Å². The number of hydrogen-bond donors (Lipinski definition) is 7. The van der Waals surface area contributed by atoms with Gasteiger partial charge in [-0.05, 0) is 44.9 Å². The van der Waals surface area contributed by atoms with Crippen molar-refractivity contribution in [1.29, 1.82) is 0 Å². The molecule has 2 heterocycles. The zero-order chi connectivity index (χ0) is 46.6. The van der Waals surface area contributed by atoms with Crippen LogP contribution in [0.15, 0.2) is 24.3 Å². The SMILES string of the molecule is CCCCC/C=C\C/C=C\CCCCCCCCCCCC(=O)OC(COCCCCCCCCCCCCC)COC1OC(COC2OC(CO)C(O)C(O)C2O)C(O)C(O)C1O. The lowest BCUT2D eigenvalue weighted by atomic mass is 9.98. The minimum absolute atomic E-state index is 0.0635. The highest BCUT2D eigenvalue weighted by Crippen LogP contribution is 2.26. The first-order valence-electron chi connectivity index (χ1n) is 25.4. The number of carbonyl (C=O) groups excluding carboxylic acids is 1. The minimum atomic E-state index is -1.70. The van der Waals surface area contributed by atoms with Gasteiger partial charge in [0.2, 0.25) is 0 Å². The van der Waals surface area contributed by atoms with Gasteiger partial charge in [0.1, 0.15) is 54.9 Å². The van der Waals surface area contributed by atoms with Crippen LogP contribution in [0.3, 0.4) is 0 Å². The summed E-state index contributed by atoms with van der Waals surface area (Å²) in [6, 6.07) is 0. The monoisotopic (exact) mass is 917 g/mol. The molecule has 0 spiro atoms. The van der Waals surface area contributed by atoms with E-state index >= 15 is 0 Å². The lowest BCUT2D eigenvalue weighted by molar-refractivity contribution is -0.332. The number of allylic oxidation sites excluding steroid dienone is 4. The molecular weight excluding hydrogens is 825 g/mol. The van der Waals surface area contributed by atoms with E-state index in [-0.39, 0.29) is 25.6 Å². The second-order valence-electron chi connectivity index (χ2n) is 18.0. The van der Waals surface area contributed by atoms with Crippen LogP contribution < -0.4 is 0 Å².